The lowest BCUT2D eigenvalue weighted by atomic mass is 10.1. The van der Waals surface area contributed by atoms with Crippen molar-refractivity contribution in [3.8, 4) is 5.75 Å². The Bertz CT molecular complexity index is 562. The van der Waals surface area contributed by atoms with Crippen LogP contribution in [-0.2, 0) is 10.0 Å². The molecule has 19 heavy (non-hydrogen) atoms. The van der Waals surface area contributed by atoms with Crippen LogP contribution in [0.15, 0.2) is 27.6 Å². The Morgan fingerprint density at radius 2 is 2.21 bits per heavy atom. The second-order valence-corrected chi connectivity index (χ2v) is 7.35. The molecule has 7 heteroatoms. The topological polar surface area (TPSA) is 72.6 Å². The van der Waals surface area contributed by atoms with Crippen LogP contribution in [0.1, 0.15) is 12.8 Å². The van der Waals surface area contributed by atoms with E-state index in [9.17, 15) is 8.42 Å². The summed E-state index contributed by atoms with van der Waals surface area (Å²) in [4.78, 5) is 0.259. The summed E-state index contributed by atoms with van der Waals surface area (Å²) in [5, 5.41) is 0. The molecule has 0 bridgehead atoms. The van der Waals surface area contributed by atoms with E-state index >= 15 is 0 Å². The first-order chi connectivity index (χ1) is 8.95. The summed E-state index contributed by atoms with van der Waals surface area (Å²) in [6.07, 6.45) is 1.68. The van der Waals surface area contributed by atoms with Gasteiger partial charge in [0.25, 0.3) is 0 Å². The van der Waals surface area contributed by atoms with Gasteiger partial charge in [-0.3, -0.25) is 0 Å². The Kier molecular flexibility index (Phi) is 4.50. The molecule has 0 radical (unpaired) electrons. The number of sulfonamides is 1. The number of ether oxygens (including phenoxy) is 1. The first-order valence-corrected chi connectivity index (χ1v) is 8.27. The van der Waals surface area contributed by atoms with Gasteiger partial charge < -0.3 is 10.5 Å². The van der Waals surface area contributed by atoms with Gasteiger partial charge in [-0.05, 0) is 47.0 Å². The number of nitrogens with zero attached hydrogens (tertiary/aromatic N) is 1. The molecule has 5 nitrogen and oxygen atoms in total. The summed E-state index contributed by atoms with van der Waals surface area (Å²) in [6, 6.07) is 4.68. The highest BCUT2D eigenvalue weighted by Crippen LogP contribution is 2.29. The maximum absolute atomic E-state index is 12.5. The number of nitrogens with two attached hydrogens (primary N) is 1. The zero-order valence-corrected chi connectivity index (χ0v) is 13.1. The van der Waals surface area contributed by atoms with Gasteiger partial charge >= 0.3 is 0 Å². The number of hydrogen-bond donors (Lipinski definition) is 1. The molecule has 0 aromatic heterocycles. The van der Waals surface area contributed by atoms with Crippen molar-refractivity contribution >= 4 is 26.0 Å². The molecule has 2 rings (SSSR count). The third-order valence-corrected chi connectivity index (χ3v) is 5.66. The maximum atomic E-state index is 12.5. The van der Waals surface area contributed by atoms with Crippen LogP contribution in [0.2, 0.25) is 0 Å². The molecule has 0 saturated carbocycles. The highest BCUT2D eigenvalue weighted by atomic mass is 79.9. The number of rotatable bonds is 3. The van der Waals surface area contributed by atoms with E-state index in [4.69, 9.17) is 10.5 Å². The van der Waals surface area contributed by atoms with Gasteiger partial charge in [0.1, 0.15) is 5.75 Å². The Balaban J connectivity index is 2.31. The number of benzene rings is 1. The van der Waals surface area contributed by atoms with Gasteiger partial charge in [-0.2, -0.15) is 4.31 Å². The minimum absolute atomic E-state index is 0.0785. The van der Waals surface area contributed by atoms with Gasteiger partial charge in [0.05, 0.1) is 16.5 Å². The van der Waals surface area contributed by atoms with Crippen molar-refractivity contribution in [3.63, 3.8) is 0 Å². The van der Waals surface area contributed by atoms with E-state index in [1.54, 1.807) is 18.2 Å². The largest absolute Gasteiger partial charge is 0.496 e. The van der Waals surface area contributed by atoms with Crippen LogP contribution in [0.3, 0.4) is 0 Å². The third kappa shape index (κ3) is 3.10. The van der Waals surface area contributed by atoms with E-state index in [1.807, 2.05) is 0 Å². The van der Waals surface area contributed by atoms with E-state index < -0.39 is 10.0 Å². The monoisotopic (exact) mass is 348 g/mol. The zero-order valence-electron chi connectivity index (χ0n) is 10.7. The second-order valence-electron chi connectivity index (χ2n) is 4.56. The predicted octanol–water partition coefficient (Wildman–Crippen LogP) is 1.57. The Hall–Kier alpha value is -0.630. The van der Waals surface area contributed by atoms with Gasteiger partial charge in [-0.15, -0.1) is 0 Å². The average Bonchev–Trinajstić information content (AvgIpc) is 2.38. The van der Waals surface area contributed by atoms with Crippen molar-refractivity contribution in [2.75, 3.05) is 20.2 Å². The van der Waals surface area contributed by atoms with Crippen LogP contribution < -0.4 is 10.5 Å². The van der Waals surface area contributed by atoms with Crippen molar-refractivity contribution in [2.24, 2.45) is 5.73 Å². The molecule has 1 aromatic carbocycles. The Morgan fingerprint density at radius 3 is 2.79 bits per heavy atom. The first kappa shape index (κ1) is 14.8. The van der Waals surface area contributed by atoms with Gasteiger partial charge in [-0.25, -0.2) is 8.42 Å². The summed E-state index contributed by atoms with van der Waals surface area (Å²) in [6.45, 7) is 0.908. The lowest BCUT2D eigenvalue weighted by Crippen LogP contribution is -2.45. The molecule has 1 saturated heterocycles. The fourth-order valence-electron chi connectivity index (χ4n) is 2.15. The molecule has 1 aliphatic heterocycles. The van der Waals surface area contributed by atoms with Crippen LogP contribution in [0.4, 0.5) is 0 Å². The summed E-state index contributed by atoms with van der Waals surface area (Å²) in [5.74, 6) is 0.606. The van der Waals surface area contributed by atoms with E-state index in [0.717, 1.165) is 12.8 Å². The SMILES string of the molecule is COc1ccc(S(=O)(=O)N2CCC[C@H](N)C2)cc1Br. The van der Waals surface area contributed by atoms with E-state index in [1.165, 1.54) is 11.4 Å². The van der Waals surface area contributed by atoms with Gasteiger partial charge in [0, 0.05) is 19.1 Å². The minimum atomic E-state index is -3.47. The molecular formula is C12H17BrN2O3S. The van der Waals surface area contributed by atoms with Crippen molar-refractivity contribution < 1.29 is 13.2 Å². The molecule has 0 aliphatic carbocycles. The smallest absolute Gasteiger partial charge is 0.243 e. The minimum Gasteiger partial charge on any atom is -0.496 e. The lowest BCUT2D eigenvalue weighted by Gasteiger charge is -2.29. The molecule has 1 atom stereocenters. The van der Waals surface area contributed by atoms with Gasteiger partial charge in [0.2, 0.25) is 10.0 Å². The summed E-state index contributed by atoms with van der Waals surface area (Å²) >= 11 is 3.30. The summed E-state index contributed by atoms with van der Waals surface area (Å²) < 4.78 is 32.2. The summed E-state index contributed by atoms with van der Waals surface area (Å²) in [5.41, 5.74) is 5.84. The highest BCUT2D eigenvalue weighted by molar-refractivity contribution is 9.10. The van der Waals surface area contributed by atoms with Crippen LogP contribution in [0, 0.1) is 0 Å². The fourth-order valence-corrected chi connectivity index (χ4v) is 4.40. The first-order valence-electron chi connectivity index (χ1n) is 6.04. The second kappa shape index (κ2) is 5.78. The van der Waals surface area contributed by atoms with Crippen molar-refractivity contribution in [3.05, 3.63) is 22.7 Å². The summed E-state index contributed by atoms with van der Waals surface area (Å²) in [7, 11) is -1.94. The molecule has 0 unspecified atom stereocenters. The molecule has 1 aromatic rings. The number of piperidine rings is 1. The number of methoxy groups -OCH3 is 1. The molecule has 1 heterocycles. The van der Waals surface area contributed by atoms with E-state index in [0.29, 0.717) is 23.3 Å². The highest BCUT2D eigenvalue weighted by Gasteiger charge is 2.29. The maximum Gasteiger partial charge on any atom is 0.243 e. The molecular weight excluding hydrogens is 332 g/mol. The standard InChI is InChI=1S/C12H17BrN2O3S/c1-18-12-5-4-10(7-11(12)13)19(16,17)15-6-2-3-9(14)8-15/h4-5,7,9H,2-3,6,8,14H2,1H3/t9-/m0/s1. The van der Waals surface area contributed by atoms with Crippen molar-refractivity contribution in [1.82, 2.24) is 4.31 Å². The molecule has 0 spiro atoms. The van der Waals surface area contributed by atoms with Crippen LogP contribution in [0.5, 0.6) is 5.75 Å². The number of halogens is 1. The molecule has 106 valence electrons. The number of hydrogen-bond acceptors (Lipinski definition) is 4. The van der Waals surface area contributed by atoms with E-state index in [2.05, 4.69) is 15.9 Å². The average molecular weight is 349 g/mol. The molecule has 0 amide bonds. The van der Waals surface area contributed by atoms with Crippen molar-refractivity contribution in [1.29, 1.82) is 0 Å². The zero-order chi connectivity index (χ0) is 14.0. The predicted molar refractivity (Wildman–Crippen MR) is 76.7 cm³/mol. The van der Waals surface area contributed by atoms with Crippen LogP contribution >= 0.6 is 15.9 Å². The Labute approximate surface area is 121 Å². The third-order valence-electron chi connectivity index (χ3n) is 3.18. The normalized spacial score (nSPS) is 21.3. The van der Waals surface area contributed by atoms with E-state index in [-0.39, 0.29) is 10.9 Å². The molecule has 2 N–H and O–H groups in total. The quantitative estimate of drug-likeness (QED) is 0.899. The van der Waals surface area contributed by atoms with Crippen molar-refractivity contribution in [2.45, 2.75) is 23.8 Å². The van der Waals surface area contributed by atoms with Gasteiger partial charge in [0.15, 0.2) is 0 Å². The molecule has 1 fully saturated rings. The Morgan fingerprint density at radius 1 is 1.47 bits per heavy atom. The van der Waals surface area contributed by atoms with Crippen LogP contribution in [0.25, 0.3) is 0 Å². The fraction of sp³-hybridized carbons (Fsp3) is 0.500. The molecule has 1 aliphatic rings. The van der Waals surface area contributed by atoms with Crippen LogP contribution in [-0.4, -0.2) is 39.0 Å². The lowest BCUT2D eigenvalue weighted by molar-refractivity contribution is 0.316. The van der Waals surface area contributed by atoms with Gasteiger partial charge in [-0.1, -0.05) is 0 Å².